The van der Waals surface area contributed by atoms with Gasteiger partial charge in [0.2, 0.25) is 11.5 Å². The van der Waals surface area contributed by atoms with Gasteiger partial charge in [0.05, 0.1) is 9.85 Å². The number of hydrogen-bond donors (Lipinski definition) is 0. The highest BCUT2D eigenvalue weighted by molar-refractivity contribution is 7.82. The van der Waals surface area contributed by atoms with Gasteiger partial charge in [0.25, 0.3) is 0 Å². The largest absolute Gasteiger partial charge is 0.466 e. The highest BCUT2D eigenvalue weighted by Crippen LogP contribution is 2.37. The first-order valence-electron chi connectivity index (χ1n) is 8.80. The van der Waals surface area contributed by atoms with Gasteiger partial charge in [0, 0.05) is 40.3 Å². The number of hydroxylamine groups is 4. The molecule has 2 rings (SSSR count). The SMILES string of the molecule is CN(C)OS(=O)(=O)Oc1ccc(-c2ccc(OS(=O)(=O)ON(C)C)c([N+](=O)[O-])c2)cc1[N+](=O)[O-]. The van der Waals surface area contributed by atoms with Gasteiger partial charge in [-0.2, -0.15) is 27.0 Å². The molecule has 34 heavy (non-hydrogen) atoms. The maximum atomic E-state index is 11.8. The summed E-state index contributed by atoms with van der Waals surface area (Å²) in [6.07, 6.45) is 0. The molecular formula is C16H18N4O12S2. The minimum atomic E-state index is -4.67. The molecule has 0 aromatic heterocycles. The third-order valence-corrected chi connectivity index (χ3v) is 5.24. The Morgan fingerprint density at radius 2 is 1.00 bits per heavy atom. The molecule has 0 fully saturated rings. The van der Waals surface area contributed by atoms with E-state index in [2.05, 4.69) is 16.9 Å². The highest BCUT2D eigenvalue weighted by atomic mass is 32.3. The summed E-state index contributed by atoms with van der Waals surface area (Å²) in [5.41, 5.74) is -1.47. The fraction of sp³-hybridized carbons (Fsp3) is 0.250. The van der Waals surface area contributed by atoms with Crippen LogP contribution in [0.25, 0.3) is 11.1 Å². The second-order valence-electron chi connectivity index (χ2n) is 6.64. The summed E-state index contributed by atoms with van der Waals surface area (Å²) >= 11 is 0. The molecule has 0 aliphatic rings. The maximum absolute atomic E-state index is 11.8. The van der Waals surface area contributed by atoms with Crippen LogP contribution in [-0.2, 0) is 29.4 Å². The summed E-state index contributed by atoms with van der Waals surface area (Å²) < 4.78 is 65.3. The number of benzene rings is 2. The van der Waals surface area contributed by atoms with Crippen LogP contribution in [0.1, 0.15) is 0 Å². The molecule has 0 bridgehead atoms. The summed E-state index contributed by atoms with van der Waals surface area (Å²) in [7, 11) is -4.36. The Labute approximate surface area is 193 Å². The summed E-state index contributed by atoms with van der Waals surface area (Å²) in [4.78, 5) is 21.0. The smallest absolute Gasteiger partial charge is 0.353 e. The molecule has 0 aliphatic heterocycles. The lowest BCUT2D eigenvalue weighted by Gasteiger charge is -2.12. The highest BCUT2D eigenvalue weighted by Gasteiger charge is 2.27. The zero-order valence-corrected chi connectivity index (χ0v) is 19.6. The summed E-state index contributed by atoms with van der Waals surface area (Å²) in [5, 5.41) is 24.5. The Morgan fingerprint density at radius 1 is 0.676 bits per heavy atom. The van der Waals surface area contributed by atoms with Gasteiger partial charge in [-0.05, 0) is 23.3 Å². The molecule has 0 unspecified atom stereocenters. The van der Waals surface area contributed by atoms with Crippen molar-refractivity contribution in [1.82, 2.24) is 10.1 Å². The molecule has 0 atom stereocenters. The Bertz CT molecular complexity index is 1210. The second-order valence-corrected chi connectivity index (χ2v) is 8.90. The quantitative estimate of drug-likeness (QED) is 0.303. The third kappa shape index (κ3) is 7.30. The number of nitro benzene ring substituents is 2. The molecule has 0 saturated heterocycles. The lowest BCUT2D eigenvalue weighted by Crippen LogP contribution is -2.23. The first kappa shape index (κ1) is 26.8. The van der Waals surface area contributed by atoms with Gasteiger partial charge in [0.1, 0.15) is 0 Å². The molecule has 2 aromatic carbocycles. The third-order valence-electron chi connectivity index (χ3n) is 3.51. The van der Waals surface area contributed by atoms with E-state index in [-0.39, 0.29) is 11.1 Å². The lowest BCUT2D eigenvalue weighted by atomic mass is 10.0. The Kier molecular flexibility index (Phi) is 8.08. The van der Waals surface area contributed by atoms with Gasteiger partial charge in [-0.1, -0.05) is 12.1 Å². The Morgan fingerprint density at radius 3 is 1.26 bits per heavy atom. The normalized spacial score (nSPS) is 12.1. The van der Waals surface area contributed by atoms with Crippen LogP contribution in [0.15, 0.2) is 36.4 Å². The van der Waals surface area contributed by atoms with Crippen LogP contribution in [0.4, 0.5) is 11.4 Å². The van der Waals surface area contributed by atoms with Gasteiger partial charge in [0.15, 0.2) is 0 Å². The van der Waals surface area contributed by atoms with E-state index in [4.69, 9.17) is 0 Å². The predicted octanol–water partition coefficient (Wildman–Crippen LogP) is 1.40. The van der Waals surface area contributed by atoms with Crippen molar-refractivity contribution in [2.24, 2.45) is 0 Å². The number of nitro groups is 2. The van der Waals surface area contributed by atoms with E-state index in [9.17, 15) is 37.1 Å². The molecule has 0 heterocycles. The molecule has 0 spiro atoms. The fourth-order valence-corrected chi connectivity index (χ4v) is 3.95. The molecule has 16 nitrogen and oxygen atoms in total. The first-order valence-corrected chi connectivity index (χ1v) is 11.5. The molecule has 2 aromatic rings. The van der Waals surface area contributed by atoms with Crippen LogP contribution in [0.2, 0.25) is 0 Å². The predicted molar refractivity (Wildman–Crippen MR) is 114 cm³/mol. The molecule has 0 amide bonds. The minimum Gasteiger partial charge on any atom is -0.353 e. The van der Waals surface area contributed by atoms with Gasteiger partial charge in [-0.15, -0.1) is 8.57 Å². The van der Waals surface area contributed by atoms with Crippen LogP contribution < -0.4 is 8.37 Å². The molecule has 0 saturated carbocycles. The van der Waals surface area contributed by atoms with E-state index in [0.717, 1.165) is 34.4 Å². The van der Waals surface area contributed by atoms with Gasteiger partial charge in [-0.25, -0.2) is 0 Å². The van der Waals surface area contributed by atoms with Crippen molar-refractivity contribution in [3.63, 3.8) is 0 Å². The standard InChI is InChI=1S/C16H18N4O12S2/c1-17(2)31-33(25,26)29-15-7-5-11(9-13(15)19(21)22)12-6-8-16(14(10-12)20(23)24)30-34(27,28)32-18(3)4/h5-10H,1-4H3. The van der Waals surface area contributed by atoms with Crippen molar-refractivity contribution in [1.29, 1.82) is 0 Å². The number of rotatable bonds is 11. The molecule has 18 heteroatoms. The molecule has 0 aliphatic carbocycles. The zero-order chi connectivity index (χ0) is 25.8. The monoisotopic (exact) mass is 522 g/mol. The average Bonchev–Trinajstić information content (AvgIpc) is 2.65. The van der Waals surface area contributed by atoms with E-state index >= 15 is 0 Å². The van der Waals surface area contributed by atoms with Crippen molar-refractivity contribution in [2.45, 2.75) is 0 Å². The summed E-state index contributed by atoms with van der Waals surface area (Å²) in [5.74, 6) is -1.34. The van der Waals surface area contributed by atoms with E-state index in [1.54, 1.807) is 0 Å². The fourth-order valence-electron chi connectivity index (χ4n) is 2.44. The van der Waals surface area contributed by atoms with E-state index in [1.807, 2.05) is 0 Å². The minimum absolute atomic E-state index is 0.0482. The molecule has 186 valence electrons. The van der Waals surface area contributed by atoms with Crippen LogP contribution >= 0.6 is 0 Å². The van der Waals surface area contributed by atoms with Crippen LogP contribution in [0.5, 0.6) is 11.5 Å². The summed E-state index contributed by atoms with van der Waals surface area (Å²) in [6, 6.07) is 6.11. The molecular weight excluding hydrogens is 504 g/mol. The Balaban J connectivity index is 2.49. The van der Waals surface area contributed by atoms with Gasteiger partial charge in [-0.3, -0.25) is 20.2 Å². The topological polar surface area (TPSA) is 198 Å². The van der Waals surface area contributed by atoms with Crippen LogP contribution in [0, 0.1) is 20.2 Å². The molecule has 0 N–H and O–H groups in total. The Hall–Kier alpha value is -3.42. The van der Waals surface area contributed by atoms with Crippen molar-refractivity contribution in [3.05, 3.63) is 56.6 Å². The average molecular weight is 522 g/mol. The van der Waals surface area contributed by atoms with Crippen molar-refractivity contribution in [2.75, 3.05) is 28.2 Å². The first-order chi connectivity index (χ1) is 15.6. The van der Waals surface area contributed by atoms with E-state index < -0.39 is 53.5 Å². The van der Waals surface area contributed by atoms with Crippen LogP contribution in [-0.4, -0.2) is 65.0 Å². The van der Waals surface area contributed by atoms with Crippen molar-refractivity contribution in [3.8, 4) is 22.6 Å². The molecule has 0 radical (unpaired) electrons. The maximum Gasteiger partial charge on any atom is 0.466 e. The zero-order valence-electron chi connectivity index (χ0n) is 18.0. The van der Waals surface area contributed by atoms with E-state index in [0.29, 0.717) is 0 Å². The van der Waals surface area contributed by atoms with E-state index in [1.165, 1.54) is 40.3 Å². The van der Waals surface area contributed by atoms with Crippen molar-refractivity contribution >= 4 is 32.2 Å². The van der Waals surface area contributed by atoms with Crippen LogP contribution in [0.3, 0.4) is 0 Å². The van der Waals surface area contributed by atoms with Gasteiger partial charge >= 0.3 is 32.2 Å². The second kappa shape index (κ2) is 10.2. The number of nitrogens with zero attached hydrogens (tertiary/aromatic N) is 4. The lowest BCUT2D eigenvalue weighted by molar-refractivity contribution is -0.385. The van der Waals surface area contributed by atoms with Crippen molar-refractivity contribution < 1.29 is 43.6 Å². The van der Waals surface area contributed by atoms with Gasteiger partial charge < -0.3 is 8.37 Å². The summed E-state index contributed by atoms with van der Waals surface area (Å²) in [6.45, 7) is 0. The number of hydrogen-bond acceptors (Lipinski definition) is 14.